The molecule has 1 N–H and O–H groups in total. The molecule has 2 atom stereocenters. The monoisotopic (exact) mass is 355 g/mol. The van der Waals surface area contributed by atoms with Crippen LogP contribution in [0.3, 0.4) is 0 Å². The molecule has 1 aliphatic rings. The third-order valence-electron chi connectivity index (χ3n) is 5.60. The minimum Gasteiger partial charge on any atom is -0.462 e. The van der Waals surface area contributed by atoms with Crippen molar-refractivity contribution in [3.8, 4) is 0 Å². The van der Waals surface area contributed by atoms with E-state index in [0.29, 0.717) is 18.1 Å². The number of anilines is 1. The Morgan fingerprint density at radius 2 is 2.15 bits per heavy atom. The lowest BCUT2D eigenvalue weighted by molar-refractivity contribution is 0.0527. The number of hydrogen-bond acceptors (Lipinski definition) is 4. The van der Waals surface area contributed by atoms with E-state index in [-0.39, 0.29) is 11.4 Å². The Morgan fingerprint density at radius 1 is 1.38 bits per heavy atom. The summed E-state index contributed by atoms with van der Waals surface area (Å²) in [5, 5.41) is 7.96. The number of ether oxygens (including phenoxy) is 1. The molecule has 2 heterocycles. The molecule has 0 fully saturated rings. The lowest BCUT2D eigenvalue weighted by atomic mass is 9.75. The third-order valence-corrected chi connectivity index (χ3v) is 5.60. The van der Waals surface area contributed by atoms with Gasteiger partial charge in [-0.05, 0) is 43.2 Å². The molecule has 26 heavy (non-hydrogen) atoms. The summed E-state index contributed by atoms with van der Waals surface area (Å²) in [6, 6.07) is 8.59. The number of benzene rings is 1. The fraction of sp³-hybridized carbons (Fsp3) is 0.524. The summed E-state index contributed by atoms with van der Waals surface area (Å²) in [4.78, 5) is 12.3. The highest BCUT2D eigenvalue weighted by atomic mass is 16.5. The smallest absolute Gasteiger partial charge is 0.343 e. The van der Waals surface area contributed by atoms with Gasteiger partial charge in [-0.2, -0.15) is 5.10 Å². The van der Waals surface area contributed by atoms with E-state index in [1.807, 2.05) is 11.6 Å². The van der Waals surface area contributed by atoms with E-state index in [9.17, 15) is 4.79 Å². The molecule has 5 nitrogen and oxygen atoms in total. The first kappa shape index (κ1) is 18.5. The Kier molecular flexibility index (Phi) is 5.35. The van der Waals surface area contributed by atoms with Gasteiger partial charge in [-0.1, -0.05) is 38.1 Å². The van der Waals surface area contributed by atoms with E-state index >= 15 is 0 Å². The van der Waals surface area contributed by atoms with Crippen LogP contribution in [0.25, 0.3) is 0 Å². The predicted molar refractivity (Wildman–Crippen MR) is 104 cm³/mol. The van der Waals surface area contributed by atoms with Crippen LogP contribution in [0.2, 0.25) is 0 Å². The minimum absolute atomic E-state index is 0.113. The number of carbonyl (C=O) groups is 1. The van der Waals surface area contributed by atoms with Gasteiger partial charge in [-0.25, -0.2) is 9.48 Å². The molecule has 0 aliphatic carbocycles. The lowest BCUT2D eigenvalue weighted by Crippen LogP contribution is -2.32. The molecular weight excluding hydrogens is 326 g/mol. The largest absolute Gasteiger partial charge is 0.462 e. The molecule has 1 aliphatic heterocycles. The standard InChI is InChI=1S/C21H29N3O2/c1-5-21(4)11-16(17-10-8-7-9-15(17)3)12-22-19-18(20(25)26-6-2)13-23-24(19)14-21/h7-10,13,16,22H,5-6,11-12,14H2,1-4H3. The molecule has 140 valence electrons. The van der Waals surface area contributed by atoms with Crippen LogP contribution < -0.4 is 5.32 Å². The maximum Gasteiger partial charge on any atom is 0.343 e. The molecule has 3 rings (SSSR count). The van der Waals surface area contributed by atoms with Gasteiger partial charge in [-0.3, -0.25) is 0 Å². The summed E-state index contributed by atoms with van der Waals surface area (Å²) in [7, 11) is 0. The van der Waals surface area contributed by atoms with Crippen LogP contribution in [0.15, 0.2) is 30.5 Å². The number of aromatic nitrogens is 2. The number of fused-ring (bicyclic) bond motifs is 1. The van der Waals surface area contributed by atoms with E-state index in [0.717, 1.165) is 31.7 Å². The second-order valence-electron chi connectivity index (χ2n) is 7.59. The van der Waals surface area contributed by atoms with Crippen molar-refractivity contribution in [3.05, 3.63) is 47.2 Å². The van der Waals surface area contributed by atoms with Gasteiger partial charge in [0.2, 0.25) is 0 Å². The number of esters is 1. The van der Waals surface area contributed by atoms with Crippen molar-refractivity contribution in [1.29, 1.82) is 0 Å². The number of nitrogens with zero attached hydrogens (tertiary/aromatic N) is 2. The van der Waals surface area contributed by atoms with Crippen LogP contribution in [0, 0.1) is 12.3 Å². The van der Waals surface area contributed by atoms with Crippen LogP contribution >= 0.6 is 0 Å². The van der Waals surface area contributed by atoms with Crippen molar-refractivity contribution in [1.82, 2.24) is 9.78 Å². The van der Waals surface area contributed by atoms with E-state index in [1.165, 1.54) is 11.1 Å². The van der Waals surface area contributed by atoms with Crippen molar-refractivity contribution in [2.24, 2.45) is 5.41 Å². The molecule has 1 aromatic carbocycles. The first-order valence-corrected chi connectivity index (χ1v) is 9.49. The van der Waals surface area contributed by atoms with Gasteiger partial charge in [0.05, 0.1) is 12.8 Å². The van der Waals surface area contributed by atoms with E-state index < -0.39 is 0 Å². The van der Waals surface area contributed by atoms with E-state index in [4.69, 9.17) is 4.74 Å². The summed E-state index contributed by atoms with van der Waals surface area (Å²) in [6.45, 7) is 10.5. The quantitative estimate of drug-likeness (QED) is 0.827. The first-order valence-electron chi connectivity index (χ1n) is 9.49. The second-order valence-corrected chi connectivity index (χ2v) is 7.59. The fourth-order valence-corrected chi connectivity index (χ4v) is 3.88. The third kappa shape index (κ3) is 3.62. The van der Waals surface area contributed by atoms with Crippen LogP contribution in [0.4, 0.5) is 5.82 Å². The maximum atomic E-state index is 12.3. The summed E-state index contributed by atoms with van der Waals surface area (Å²) in [5.74, 6) is 0.855. The van der Waals surface area contributed by atoms with Crippen molar-refractivity contribution in [2.45, 2.75) is 53.0 Å². The number of rotatable bonds is 4. The van der Waals surface area contributed by atoms with Crippen molar-refractivity contribution in [3.63, 3.8) is 0 Å². The lowest BCUT2D eigenvalue weighted by Gasteiger charge is -2.36. The van der Waals surface area contributed by atoms with Crippen molar-refractivity contribution in [2.75, 3.05) is 18.5 Å². The minimum atomic E-state index is -0.313. The molecule has 0 saturated heterocycles. The molecule has 0 bridgehead atoms. The zero-order valence-electron chi connectivity index (χ0n) is 16.2. The molecule has 1 aromatic heterocycles. The van der Waals surface area contributed by atoms with E-state index in [1.54, 1.807) is 6.20 Å². The Labute approximate surface area is 155 Å². The Morgan fingerprint density at radius 3 is 2.85 bits per heavy atom. The van der Waals surface area contributed by atoms with Crippen LogP contribution in [-0.4, -0.2) is 28.9 Å². The normalized spacial score (nSPS) is 22.7. The molecule has 2 aromatic rings. The van der Waals surface area contributed by atoms with Crippen LogP contribution in [-0.2, 0) is 11.3 Å². The molecule has 0 amide bonds. The molecule has 0 radical (unpaired) electrons. The molecule has 5 heteroatoms. The topological polar surface area (TPSA) is 56.1 Å². The molecule has 2 unspecified atom stereocenters. The average molecular weight is 355 g/mol. The Balaban J connectivity index is 1.98. The van der Waals surface area contributed by atoms with Gasteiger partial charge in [-0.15, -0.1) is 0 Å². The van der Waals surface area contributed by atoms with Gasteiger partial charge in [0.25, 0.3) is 0 Å². The molecule has 0 saturated carbocycles. The Hall–Kier alpha value is -2.30. The van der Waals surface area contributed by atoms with Gasteiger partial charge in [0.1, 0.15) is 11.4 Å². The Bertz CT molecular complexity index is 783. The zero-order valence-corrected chi connectivity index (χ0v) is 16.2. The maximum absolute atomic E-state index is 12.3. The zero-order chi connectivity index (χ0) is 18.7. The number of aryl methyl sites for hydroxylation is 1. The van der Waals surface area contributed by atoms with Crippen molar-refractivity contribution < 1.29 is 9.53 Å². The van der Waals surface area contributed by atoms with E-state index in [2.05, 4.69) is 55.5 Å². The van der Waals surface area contributed by atoms with Gasteiger partial charge >= 0.3 is 5.97 Å². The predicted octanol–water partition coefficient (Wildman–Crippen LogP) is 4.38. The average Bonchev–Trinajstić information content (AvgIpc) is 2.99. The number of carbonyl (C=O) groups excluding carboxylic acids is 1. The summed E-state index contributed by atoms with van der Waals surface area (Å²) < 4.78 is 7.14. The highest BCUT2D eigenvalue weighted by molar-refractivity contribution is 5.94. The highest BCUT2D eigenvalue weighted by Crippen LogP contribution is 2.39. The molecular formula is C21H29N3O2. The highest BCUT2D eigenvalue weighted by Gasteiger charge is 2.33. The molecule has 0 spiro atoms. The summed E-state index contributed by atoms with van der Waals surface area (Å²) in [6.07, 6.45) is 3.77. The van der Waals surface area contributed by atoms with Gasteiger partial charge in [0, 0.05) is 19.0 Å². The second kappa shape index (κ2) is 7.52. The first-order chi connectivity index (χ1) is 12.5. The summed E-state index contributed by atoms with van der Waals surface area (Å²) in [5.41, 5.74) is 3.33. The van der Waals surface area contributed by atoms with Gasteiger partial charge < -0.3 is 10.1 Å². The van der Waals surface area contributed by atoms with Crippen molar-refractivity contribution >= 4 is 11.8 Å². The fourth-order valence-electron chi connectivity index (χ4n) is 3.88. The van der Waals surface area contributed by atoms with Gasteiger partial charge in [0.15, 0.2) is 0 Å². The number of hydrogen-bond donors (Lipinski definition) is 1. The van der Waals surface area contributed by atoms with Crippen LogP contribution in [0.5, 0.6) is 0 Å². The van der Waals surface area contributed by atoms with Crippen LogP contribution in [0.1, 0.15) is 61.0 Å². The SMILES string of the molecule is CCOC(=O)c1cnn2c1NCC(c1ccccc1C)CC(C)(CC)C2. The summed E-state index contributed by atoms with van der Waals surface area (Å²) >= 11 is 0. The number of nitrogens with one attached hydrogen (secondary N) is 1.